The molecule has 0 aromatic carbocycles. The summed E-state index contributed by atoms with van der Waals surface area (Å²) in [7, 11) is 0. The first-order chi connectivity index (χ1) is 8.83. The van der Waals surface area contributed by atoms with E-state index in [0.717, 1.165) is 24.9 Å². The lowest BCUT2D eigenvalue weighted by Crippen LogP contribution is -2.43. The van der Waals surface area contributed by atoms with Crippen molar-refractivity contribution in [3.63, 3.8) is 0 Å². The maximum Gasteiger partial charge on any atom is 0.0945 e. The van der Waals surface area contributed by atoms with E-state index in [9.17, 15) is 0 Å². The van der Waals surface area contributed by atoms with E-state index in [2.05, 4.69) is 21.4 Å². The van der Waals surface area contributed by atoms with Crippen molar-refractivity contribution < 1.29 is 0 Å². The molecule has 1 aliphatic heterocycles. The molecular formula is C14H26N4. The Hall–Kier alpha value is -0.870. The molecule has 2 unspecified atom stereocenters. The molecule has 0 radical (unpaired) electrons. The fourth-order valence-corrected chi connectivity index (χ4v) is 3.03. The van der Waals surface area contributed by atoms with Gasteiger partial charge in [0.2, 0.25) is 0 Å². The molecule has 1 aromatic rings. The van der Waals surface area contributed by atoms with Gasteiger partial charge < -0.3 is 15.2 Å². The van der Waals surface area contributed by atoms with E-state index >= 15 is 0 Å². The average Bonchev–Trinajstić information content (AvgIpc) is 2.91. The van der Waals surface area contributed by atoms with E-state index in [4.69, 9.17) is 5.73 Å². The lowest BCUT2D eigenvalue weighted by atomic mass is 9.84. The highest BCUT2D eigenvalue weighted by molar-refractivity contribution is 4.80. The predicted molar refractivity (Wildman–Crippen MR) is 74.2 cm³/mol. The third kappa shape index (κ3) is 3.56. The minimum Gasteiger partial charge on any atom is -0.337 e. The SMILES string of the molecule is CCC1CN(CCCn2ccnc2)CCC1CN. The van der Waals surface area contributed by atoms with Gasteiger partial charge in [0, 0.05) is 25.5 Å². The van der Waals surface area contributed by atoms with Crippen LogP contribution < -0.4 is 5.73 Å². The lowest BCUT2D eigenvalue weighted by molar-refractivity contribution is 0.117. The van der Waals surface area contributed by atoms with E-state index in [1.165, 1.54) is 38.9 Å². The summed E-state index contributed by atoms with van der Waals surface area (Å²) >= 11 is 0. The molecule has 2 atom stereocenters. The van der Waals surface area contributed by atoms with Crippen LogP contribution in [-0.4, -0.2) is 40.6 Å². The van der Waals surface area contributed by atoms with E-state index in [0.29, 0.717) is 0 Å². The summed E-state index contributed by atoms with van der Waals surface area (Å²) in [5.74, 6) is 1.55. The molecule has 4 nitrogen and oxygen atoms in total. The molecular weight excluding hydrogens is 224 g/mol. The highest BCUT2D eigenvalue weighted by Gasteiger charge is 2.26. The summed E-state index contributed by atoms with van der Waals surface area (Å²) in [5.41, 5.74) is 5.85. The number of nitrogens with zero attached hydrogens (tertiary/aromatic N) is 3. The molecule has 2 rings (SSSR count). The van der Waals surface area contributed by atoms with Gasteiger partial charge in [-0.3, -0.25) is 0 Å². The Kier molecular flexibility index (Phi) is 5.20. The number of rotatable bonds is 6. The van der Waals surface area contributed by atoms with Crippen LogP contribution in [0.25, 0.3) is 0 Å². The second-order valence-corrected chi connectivity index (χ2v) is 5.41. The molecule has 2 heterocycles. The van der Waals surface area contributed by atoms with Gasteiger partial charge in [0.25, 0.3) is 0 Å². The minimum absolute atomic E-state index is 0.750. The Bertz CT molecular complexity index is 323. The molecule has 0 bridgehead atoms. The van der Waals surface area contributed by atoms with Crippen LogP contribution in [0.3, 0.4) is 0 Å². The molecule has 0 spiro atoms. The van der Waals surface area contributed by atoms with E-state index in [-0.39, 0.29) is 0 Å². The third-order valence-corrected chi connectivity index (χ3v) is 4.25. The molecule has 2 N–H and O–H groups in total. The highest BCUT2D eigenvalue weighted by Crippen LogP contribution is 2.25. The van der Waals surface area contributed by atoms with Gasteiger partial charge in [0.05, 0.1) is 6.33 Å². The number of aromatic nitrogens is 2. The standard InChI is InChI=1S/C14H26N4/c1-2-13-11-17(8-4-14(13)10-15)6-3-7-18-9-5-16-12-18/h5,9,12-14H,2-4,6-8,10-11,15H2,1H3. The van der Waals surface area contributed by atoms with Gasteiger partial charge in [0.15, 0.2) is 0 Å². The van der Waals surface area contributed by atoms with Crippen molar-refractivity contribution in [3.8, 4) is 0 Å². The molecule has 1 aromatic heterocycles. The summed E-state index contributed by atoms with van der Waals surface area (Å²) < 4.78 is 2.16. The average molecular weight is 250 g/mol. The molecule has 0 amide bonds. The lowest BCUT2D eigenvalue weighted by Gasteiger charge is -2.37. The molecule has 1 fully saturated rings. The Morgan fingerprint density at radius 1 is 1.33 bits per heavy atom. The highest BCUT2D eigenvalue weighted by atomic mass is 15.1. The van der Waals surface area contributed by atoms with Crippen molar-refractivity contribution in [1.82, 2.24) is 14.5 Å². The number of hydrogen-bond donors (Lipinski definition) is 1. The number of imidazole rings is 1. The summed E-state index contributed by atoms with van der Waals surface area (Å²) in [6.07, 6.45) is 9.53. The van der Waals surface area contributed by atoms with E-state index in [1.807, 2.05) is 18.7 Å². The smallest absolute Gasteiger partial charge is 0.0945 e. The zero-order chi connectivity index (χ0) is 12.8. The number of aryl methyl sites for hydroxylation is 1. The first-order valence-electron chi connectivity index (χ1n) is 7.21. The van der Waals surface area contributed by atoms with Gasteiger partial charge in [-0.15, -0.1) is 0 Å². The van der Waals surface area contributed by atoms with Crippen LogP contribution in [0.1, 0.15) is 26.2 Å². The van der Waals surface area contributed by atoms with Crippen LogP contribution in [0, 0.1) is 11.8 Å². The second-order valence-electron chi connectivity index (χ2n) is 5.41. The van der Waals surface area contributed by atoms with Crippen molar-refractivity contribution in [3.05, 3.63) is 18.7 Å². The molecule has 0 aliphatic carbocycles. The molecule has 1 aliphatic rings. The first kappa shape index (κ1) is 13.6. The first-order valence-corrected chi connectivity index (χ1v) is 7.21. The largest absolute Gasteiger partial charge is 0.337 e. The topological polar surface area (TPSA) is 47.1 Å². The molecule has 0 saturated carbocycles. The Morgan fingerprint density at radius 2 is 2.22 bits per heavy atom. The van der Waals surface area contributed by atoms with Crippen molar-refractivity contribution in [2.24, 2.45) is 17.6 Å². The summed E-state index contributed by atoms with van der Waals surface area (Å²) in [4.78, 5) is 6.68. The van der Waals surface area contributed by atoms with Crippen LogP contribution in [0.4, 0.5) is 0 Å². The van der Waals surface area contributed by atoms with Crippen LogP contribution in [0.2, 0.25) is 0 Å². The van der Waals surface area contributed by atoms with Gasteiger partial charge in [-0.25, -0.2) is 4.98 Å². The Morgan fingerprint density at radius 3 is 2.89 bits per heavy atom. The van der Waals surface area contributed by atoms with Crippen LogP contribution >= 0.6 is 0 Å². The summed E-state index contributed by atoms with van der Waals surface area (Å²) in [6.45, 7) is 7.90. The predicted octanol–water partition coefficient (Wildman–Crippen LogP) is 1.58. The van der Waals surface area contributed by atoms with E-state index in [1.54, 1.807) is 0 Å². The quantitative estimate of drug-likeness (QED) is 0.834. The van der Waals surface area contributed by atoms with Crippen molar-refractivity contribution in [1.29, 1.82) is 0 Å². The second kappa shape index (κ2) is 6.90. The maximum atomic E-state index is 5.85. The fraction of sp³-hybridized carbons (Fsp3) is 0.786. The zero-order valence-electron chi connectivity index (χ0n) is 11.5. The summed E-state index contributed by atoms with van der Waals surface area (Å²) in [6, 6.07) is 0. The number of likely N-dealkylation sites (tertiary alicyclic amines) is 1. The molecule has 102 valence electrons. The zero-order valence-corrected chi connectivity index (χ0v) is 11.5. The van der Waals surface area contributed by atoms with E-state index < -0.39 is 0 Å². The van der Waals surface area contributed by atoms with Crippen LogP contribution in [0.15, 0.2) is 18.7 Å². The van der Waals surface area contributed by atoms with Crippen LogP contribution in [0.5, 0.6) is 0 Å². The normalized spacial score (nSPS) is 25.4. The number of hydrogen-bond acceptors (Lipinski definition) is 3. The maximum absolute atomic E-state index is 5.85. The number of nitrogens with two attached hydrogens (primary N) is 1. The van der Waals surface area contributed by atoms with Crippen molar-refractivity contribution >= 4 is 0 Å². The van der Waals surface area contributed by atoms with Gasteiger partial charge in [-0.05, 0) is 44.3 Å². The molecule has 18 heavy (non-hydrogen) atoms. The van der Waals surface area contributed by atoms with Gasteiger partial charge in [-0.2, -0.15) is 0 Å². The number of piperidine rings is 1. The Balaban J connectivity index is 1.70. The monoisotopic (exact) mass is 250 g/mol. The third-order valence-electron chi connectivity index (χ3n) is 4.25. The van der Waals surface area contributed by atoms with Gasteiger partial charge in [0.1, 0.15) is 0 Å². The Labute approximate surface area is 110 Å². The molecule has 4 heteroatoms. The minimum atomic E-state index is 0.750. The van der Waals surface area contributed by atoms with Gasteiger partial charge in [-0.1, -0.05) is 13.3 Å². The van der Waals surface area contributed by atoms with Gasteiger partial charge >= 0.3 is 0 Å². The molecule has 1 saturated heterocycles. The fourth-order valence-electron chi connectivity index (χ4n) is 3.03. The van der Waals surface area contributed by atoms with Crippen LogP contribution in [-0.2, 0) is 6.54 Å². The van der Waals surface area contributed by atoms with Crippen molar-refractivity contribution in [2.75, 3.05) is 26.2 Å². The van der Waals surface area contributed by atoms with Crippen molar-refractivity contribution in [2.45, 2.75) is 32.7 Å². The summed E-state index contributed by atoms with van der Waals surface area (Å²) in [5, 5.41) is 0.